The molecule has 28 heavy (non-hydrogen) atoms. The van der Waals surface area contributed by atoms with E-state index in [-0.39, 0.29) is 5.48 Å². The van der Waals surface area contributed by atoms with Gasteiger partial charge >= 0.3 is 0 Å². The van der Waals surface area contributed by atoms with E-state index in [1.165, 1.54) is 118 Å². The highest BCUT2D eigenvalue weighted by Gasteiger charge is 2.02. The standard InChI is InChI=1S/C25H41NS.H2O/c1-2-3-4-5-6-7-8-9-10-11-12-13-14-15-16-17-22-25-26-23-20-18-19-21-24(23)27-25;/h18-21H,2-17,22H2,1H3;1H2. The van der Waals surface area contributed by atoms with E-state index in [9.17, 15) is 0 Å². The van der Waals surface area contributed by atoms with E-state index >= 15 is 0 Å². The Morgan fingerprint density at radius 2 is 1.11 bits per heavy atom. The average Bonchev–Trinajstić information content (AvgIpc) is 3.10. The molecule has 0 fully saturated rings. The van der Waals surface area contributed by atoms with Crippen LogP contribution in [0, 0.1) is 0 Å². The van der Waals surface area contributed by atoms with Crippen molar-refractivity contribution in [2.45, 2.75) is 116 Å². The number of fused-ring (bicyclic) bond motifs is 1. The lowest BCUT2D eigenvalue weighted by Gasteiger charge is -2.03. The molecule has 1 heterocycles. The fourth-order valence-corrected chi connectivity index (χ4v) is 4.86. The van der Waals surface area contributed by atoms with Crippen molar-refractivity contribution in [3.8, 4) is 0 Å². The maximum Gasteiger partial charge on any atom is 0.0938 e. The van der Waals surface area contributed by atoms with Crippen LogP contribution in [0.2, 0.25) is 0 Å². The summed E-state index contributed by atoms with van der Waals surface area (Å²) < 4.78 is 1.34. The van der Waals surface area contributed by atoms with Crippen LogP contribution in [-0.2, 0) is 6.42 Å². The van der Waals surface area contributed by atoms with E-state index in [4.69, 9.17) is 4.98 Å². The second-order valence-corrected chi connectivity index (χ2v) is 9.24. The molecule has 0 spiro atoms. The third kappa shape index (κ3) is 11.2. The first-order valence-corrected chi connectivity index (χ1v) is 12.6. The highest BCUT2D eigenvalue weighted by Crippen LogP contribution is 2.23. The number of hydrogen-bond acceptors (Lipinski definition) is 2. The van der Waals surface area contributed by atoms with Crippen molar-refractivity contribution in [1.82, 2.24) is 4.98 Å². The molecule has 0 aliphatic carbocycles. The van der Waals surface area contributed by atoms with Crippen molar-refractivity contribution in [2.24, 2.45) is 0 Å². The molecule has 1 aromatic heterocycles. The summed E-state index contributed by atoms with van der Waals surface area (Å²) in [5.74, 6) is 0. The number of rotatable bonds is 17. The number of benzene rings is 1. The molecule has 2 aromatic rings. The van der Waals surface area contributed by atoms with Crippen LogP contribution in [0.4, 0.5) is 0 Å². The van der Waals surface area contributed by atoms with Gasteiger partial charge in [0.25, 0.3) is 0 Å². The summed E-state index contributed by atoms with van der Waals surface area (Å²) in [6.07, 6.45) is 24.1. The Bertz CT molecular complexity index is 562. The Hall–Kier alpha value is -0.930. The Balaban J connectivity index is 0.00000392. The van der Waals surface area contributed by atoms with Crippen LogP contribution in [0.1, 0.15) is 115 Å². The molecule has 0 aliphatic heterocycles. The predicted molar refractivity (Wildman–Crippen MR) is 126 cm³/mol. The van der Waals surface area contributed by atoms with Gasteiger partial charge in [-0.3, -0.25) is 0 Å². The minimum atomic E-state index is 0. The van der Waals surface area contributed by atoms with Crippen molar-refractivity contribution in [1.29, 1.82) is 0 Å². The summed E-state index contributed by atoms with van der Waals surface area (Å²) in [7, 11) is 0. The number of thiazole rings is 1. The van der Waals surface area contributed by atoms with Crippen molar-refractivity contribution < 1.29 is 5.48 Å². The monoisotopic (exact) mass is 405 g/mol. The minimum Gasteiger partial charge on any atom is -0.412 e. The molecule has 160 valence electrons. The molecule has 1 aromatic carbocycles. The second-order valence-electron chi connectivity index (χ2n) is 8.13. The first-order valence-electron chi connectivity index (χ1n) is 11.7. The van der Waals surface area contributed by atoms with Gasteiger partial charge in [0.15, 0.2) is 0 Å². The molecule has 2 nitrogen and oxygen atoms in total. The highest BCUT2D eigenvalue weighted by atomic mass is 32.1. The first kappa shape index (κ1) is 25.1. The zero-order valence-electron chi connectivity index (χ0n) is 18.2. The molecule has 2 rings (SSSR count). The second kappa shape index (κ2) is 17.0. The average molecular weight is 406 g/mol. The van der Waals surface area contributed by atoms with Crippen molar-refractivity contribution in [3.05, 3.63) is 29.3 Å². The highest BCUT2D eigenvalue weighted by molar-refractivity contribution is 7.18. The van der Waals surface area contributed by atoms with Crippen LogP contribution >= 0.6 is 11.3 Å². The predicted octanol–water partition coefficient (Wildman–Crippen LogP) is 8.28. The summed E-state index contributed by atoms with van der Waals surface area (Å²) in [5, 5.41) is 1.32. The van der Waals surface area contributed by atoms with E-state index in [1.807, 2.05) is 11.3 Å². The van der Waals surface area contributed by atoms with Crippen LogP contribution in [0.5, 0.6) is 0 Å². The number of unbranched alkanes of at least 4 members (excludes halogenated alkanes) is 15. The minimum absolute atomic E-state index is 0. The summed E-state index contributed by atoms with van der Waals surface area (Å²) in [5.41, 5.74) is 1.17. The van der Waals surface area contributed by atoms with Crippen LogP contribution in [-0.4, -0.2) is 10.5 Å². The number of aromatic nitrogens is 1. The van der Waals surface area contributed by atoms with Gasteiger partial charge in [-0.25, -0.2) is 4.98 Å². The van der Waals surface area contributed by atoms with E-state index in [0.717, 1.165) is 6.42 Å². The summed E-state index contributed by atoms with van der Waals surface area (Å²) in [4.78, 5) is 4.74. The number of para-hydroxylation sites is 1. The van der Waals surface area contributed by atoms with E-state index < -0.39 is 0 Å². The van der Waals surface area contributed by atoms with Gasteiger partial charge in [-0.1, -0.05) is 115 Å². The van der Waals surface area contributed by atoms with Gasteiger partial charge in [-0.05, 0) is 25.0 Å². The van der Waals surface area contributed by atoms with Crippen LogP contribution in [0.25, 0.3) is 10.2 Å². The molecule has 0 aliphatic rings. The first-order chi connectivity index (χ1) is 13.4. The molecular weight excluding hydrogens is 362 g/mol. The Morgan fingerprint density at radius 3 is 1.61 bits per heavy atom. The van der Waals surface area contributed by atoms with Gasteiger partial charge in [0.1, 0.15) is 0 Å². The van der Waals surface area contributed by atoms with Gasteiger partial charge in [-0.2, -0.15) is 0 Å². The molecule has 0 saturated heterocycles. The SMILES string of the molecule is CCCCCCCCCCCCCCCCCCc1nc2ccccc2s1.O. The number of hydrogen-bond donors (Lipinski definition) is 0. The molecule has 0 unspecified atom stereocenters. The van der Waals surface area contributed by atoms with Crippen molar-refractivity contribution >= 4 is 21.6 Å². The van der Waals surface area contributed by atoms with Crippen molar-refractivity contribution in [3.63, 3.8) is 0 Å². The van der Waals surface area contributed by atoms with Crippen molar-refractivity contribution in [2.75, 3.05) is 0 Å². The number of aryl methyl sites for hydroxylation is 1. The zero-order chi connectivity index (χ0) is 19.0. The lowest BCUT2D eigenvalue weighted by molar-refractivity contribution is 0.529. The molecule has 0 radical (unpaired) electrons. The van der Waals surface area contributed by atoms with Crippen LogP contribution < -0.4 is 0 Å². The fourth-order valence-electron chi connectivity index (χ4n) is 3.85. The fraction of sp³-hybridized carbons (Fsp3) is 0.720. The third-order valence-electron chi connectivity index (χ3n) is 5.58. The zero-order valence-corrected chi connectivity index (χ0v) is 19.0. The van der Waals surface area contributed by atoms with Gasteiger partial charge in [-0.15, -0.1) is 11.3 Å². The van der Waals surface area contributed by atoms with Crippen LogP contribution in [0.3, 0.4) is 0 Å². The molecule has 0 amide bonds. The molecular formula is C25H43NOS. The van der Waals surface area contributed by atoms with E-state index in [2.05, 4.69) is 31.2 Å². The van der Waals surface area contributed by atoms with Gasteiger partial charge in [0.05, 0.1) is 15.2 Å². The van der Waals surface area contributed by atoms with E-state index in [0.29, 0.717) is 0 Å². The Kier molecular flexibility index (Phi) is 15.2. The molecule has 0 saturated carbocycles. The van der Waals surface area contributed by atoms with Gasteiger partial charge in [0, 0.05) is 0 Å². The topological polar surface area (TPSA) is 44.4 Å². The maximum atomic E-state index is 4.74. The summed E-state index contributed by atoms with van der Waals surface area (Å²) in [6.45, 7) is 2.30. The third-order valence-corrected chi connectivity index (χ3v) is 6.68. The van der Waals surface area contributed by atoms with E-state index in [1.54, 1.807) is 0 Å². The quantitative estimate of drug-likeness (QED) is 0.244. The number of nitrogens with zero attached hydrogens (tertiary/aromatic N) is 1. The molecule has 3 heteroatoms. The summed E-state index contributed by atoms with van der Waals surface area (Å²) in [6, 6.07) is 8.51. The van der Waals surface area contributed by atoms with Crippen LogP contribution in [0.15, 0.2) is 24.3 Å². The maximum absolute atomic E-state index is 4.74. The van der Waals surface area contributed by atoms with Gasteiger partial charge < -0.3 is 5.48 Å². The molecule has 0 atom stereocenters. The van der Waals surface area contributed by atoms with Gasteiger partial charge in [0.2, 0.25) is 0 Å². The lowest BCUT2D eigenvalue weighted by Crippen LogP contribution is -1.86. The largest absolute Gasteiger partial charge is 0.412 e. The smallest absolute Gasteiger partial charge is 0.0938 e. The Morgan fingerprint density at radius 1 is 0.643 bits per heavy atom. The Labute approximate surface area is 177 Å². The lowest BCUT2D eigenvalue weighted by atomic mass is 10.0. The molecule has 0 bridgehead atoms. The molecule has 2 N–H and O–H groups in total. The summed E-state index contributed by atoms with van der Waals surface area (Å²) >= 11 is 1.87. The normalized spacial score (nSPS) is 11.0.